The minimum absolute atomic E-state index is 0.108. The summed E-state index contributed by atoms with van der Waals surface area (Å²) >= 11 is 0. The molecular weight excluding hydrogens is 221 g/mol. The number of hydrogen-bond acceptors (Lipinski definition) is 3. The lowest BCUT2D eigenvalue weighted by Gasteiger charge is -2.32. The highest BCUT2D eigenvalue weighted by Gasteiger charge is 2.25. The third-order valence-corrected chi connectivity index (χ3v) is 3.12. The Balaban J connectivity index is 2.12. The molecule has 0 bridgehead atoms. The molecule has 1 atom stereocenters. The number of halogens is 1. The molecule has 4 nitrogen and oxygen atoms in total. The normalized spacial score (nSPS) is 20.4. The monoisotopic (exact) mass is 237 g/mol. The Morgan fingerprint density at radius 1 is 1.65 bits per heavy atom. The largest absolute Gasteiger partial charge is 0.337 e. The number of rotatable bonds is 2. The van der Waals surface area contributed by atoms with Crippen molar-refractivity contribution in [3.05, 3.63) is 29.8 Å². The molecule has 1 aromatic heterocycles. The van der Waals surface area contributed by atoms with Crippen molar-refractivity contribution in [2.24, 2.45) is 0 Å². The van der Waals surface area contributed by atoms with Crippen molar-refractivity contribution in [3.63, 3.8) is 0 Å². The summed E-state index contributed by atoms with van der Waals surface area (Å²) in [7, 11) is 1.88. The maximum atomic E-state index is 13.4. The summed E-state index contributed by atoms with van der Waals surface area (Å²) in [5, 5.41) is 3.15. The van der Waals surface area contributed by atoms with Gasteiger partial charge in [0.25, 0.3) is 5.91 Å². The molecule has 17 heavy (non-hydrogen) atoms. The molecular formula is C12H16FN3O. The summed E-state index contributed by atoms with van der Waals surface area (Å²) in [6.45, 7) is 1.33. The summed E-state index contributed by atoms with van der Waals surface area (Å²) in [5.41, 5.74) is 0.108. The number of hydrogen-bond donors (Lipinski definition) is 1. The molecule has 0 spiro atoms. The van der Waals surface area contributed by atoms with E-state index in [-0.39, 0.29) is 11.5 Å². The van der Waals surface area contributed by atoms with Gasteiger partial charge in [0, 0.05) is 25.3 Å². The average Bonchev–Trinajstić information content (AvgIpc) is 2.38. The Morgan fingerprint density at radius 3 is 3.18 bits per heavy atom. The van der Waals surface area contributed by atoms with Crippen LogP contribution in [0.1, 0.15) is 23.2 Å². The third kappa shape index (κ3) is 2.61. The van der Waals surface area contributed by atoms with Crippen molar-refractivity contribution >= 4 is 5.91 Å². The van der Waals surface area contributed by atoms with Gasteiger partial charge in [-0.2, -0.15) is 0 Å². The predicted octanol–water partition coefficient (Wildman–Crippen LogP) is 1.04. The van der Waals surface area contributed by atoms with Gasteiger partial charge in [-0.05, 0) is 26.0 Å². The number of carbonyl (C=O) groups is 1. The number of nitrogens with one attached hydrogen (secondary N) is 1. The quantitative estimate of drug-likeness (QED) is 0.836. The molecule has 1 aromatic rings. The van der Waals surface area contributed by atoms with Gasteiger partial charge in [-0.3, -0.25) is 9.78 Å². The minimum Gasteiger partial charge on any atom is -0.337 e. The summed E-state index contributed by atoms with van der Waals surface area (Å²) in [5.74, 6) is -0.797. The van der Waals surface area contributed by atoms with Crippen LogP contribution in [-0.2, 0) is 0 Å². The Kier molecular flexibility index (Phi) is 3.68. The Morgan fingerprint density at radius 2 is 2.47 bits per heavy atom. The fourth-order valence-corrected chi connectivity index (χ4v) is 2.12. The molecule has 1 fully saturated rings. The maximum Gasteiger partial charge on any atom is 0.256 e. The van der Waals surface area contributed by atoms with Crippen LogP contribution in [0, 0.1) is 5.82 Å². The van der Waals surface area contributed by atoms with Gasteiger partial charge in [0.2, 0.25) is 0 Å². The van der Waals surface area contributed by atoms with Crippen molar-refractivity contribution in [2.45, 2.75) is 18.9 Å². The SMILES string of the molecule is CNC1CCCN(C(=O)c2ccncc2F)C1. The topological polar surface area (TPSA) is 45.2 Å². The van der Waals surface area contributed by atoms with E-state index in [9.17, 15) is 9.18 Å². The lowest BCUT2D eigenvalue weighted by molar-refractivity contribution is 0.0693. The lowest BCUT2D eigenvalue weighted by Crippen LogP contribution is -2.47. The van der Waals surface area contributed by atoms with Crippen LogP contribution < -0.4 is 5.32 Å². The molecule has 0 radical (unpaired) electrons. The van der Waals surface area contributed by atoms with Crippen molar-refractivity contribution < 1.29 is 9.18 Å². The van der Waals surface area contributed by atoms with E-state index in [0.717, 1.165) is 19.0 Å². The van der Waals surface area contributed by atoms with Crippen molar-refractivity contribution in [2.75, 3.05) is 20.1 Å². The average molecular weight is 237 g/mol. The van der Waals surface area contributed by atoms with Crippen molar-refractivity contribution in [1.82, 2.24) is 15.2 Å². The third-order valence-electron chi connectivity index (χ3n) is 3.12. The summed E-state index contributed by atoms with van der Waals surface area (Å²) < 4.78 is 13.4. The molecule has 0 saturated carbocycles. The van der Waals surface area contributed by atoms with Gasteiger partial charge >= 0.3 is 0 Å². The first-order chi connectivity index (χ1) is 8.22. The predicted molar refractivity (Wildman–Crippen MR) is 62.2 cm³/mol. The van der Waals surface area contributed by atoms with Gasteiger partial charge in [-0.15, -0.1) is 0 Å². The molecule has 2 rings (SSSR count). The van der Waals surface area contributed by atoms with E-state index >= 15 is 0 Å². The highest BCUT2D eigenvalue weighted by atomic mass is 19.1. The molecule has 1 N–H and O–H groups in total. The van der Waals surface area contributed by atoms with Crippen LogP contribution in [0.2, 0.25) is 0 Å². The Hall–Kier alpha value is -1.49. The number of amides is 1. The number of likely N-dealkylation sites (N-methyl/N-ethyl adjacent to an activating group) is 1. The molecule has 0 aliphatic carbocycles. The molecule has 1 unspecified atom stereocenters. The Labute approximate surface area is 99.8 Å². The van der Waals surface area contributed by atoms with E-state index in [0.29, 0.717) is 19.1 Å². The van der Waals surface area contributed by atoms with E-state index < -0.39 is 5.82 Å². The number of carbonyl (C=O) groups excluding carboxylic acids is 1. The van der Waals surface area contributed by atoms with Crippen LogP contribution >= 0.6 is 0 Å². The highest BCUT2D eigenvalue weighted by molar-refractivity contribution is 5.94. The van der Waals surface area contributed by atoms with Gasteiger partial charge in [0.15, 0.2) is 5.82 Å². The van der Waals surface area contributed by atoms with Gasteiger partial charge in [0.1, 0.15) is 0 Å². The second-order valence-corrected chi connectivity index (χ2v) is 4.23. The number of aromatic nitrogens is 1. The molecule has 5 heteroatoms. The number of piperidine rings is 1. The Bertz CT molecular complexity index is 410. The van der Waals surface area contributed by atoms with Crippen LogP contribution in [0.5, 0.6) is 0 Å². The van der Waals surface area contributed by atoms with Crippen molar-refractivity contribution in [1.29, 1.82) is 0 Å². The molecule has 1 saturated heterocycles. The van der Waals surface area contributed by atoms with Crippen LogP contribution in [0.3, 0.4) is 0 Å². The zero-order chi connectivity index (χ0) is 12.3. The van der Waals surface area contributed by atoms with E-state index in [2.05, 4.69) is 10.3 Å². The molecule has 0 aromatic carbocycles. The van der Waals surface area contributed by atoms with Crippen LogP contribution in [0.15, 0.2) is 18.5 Å². The first-order valence-electron chi connectivity index (χ1n) is 5.78. The maximum absolute atomic E-state index is 13.4. The first kappa shape index (κ1) is 12.0. The van der Waals surface area contributed by atoms with Gasteiger partial charge < -0.3 is 10.2 Å². The van der Waals surface area contributed by atoms with Crippen molar-refractivity contribution in [3.8, 4) is 0 Å². The zero-order valence-corrected chi connectivity index (χ0v) is 9.82. The molecule has 1 amide bonds. The van der Waals surface area contributed by atoms with Crippen LogP contribution in [-0.4, -0.2) is 42.0 Å². The second kappa shape index (κ2) is 5.23. The van der Waals surface area contributed by atoms with E-state index in [1.54, 1.807) is 4.90 Å². The summed E-state index contributed by atoms with van der Waals surface area (Å²) in [4.78, 5) is 17.5. The van der Waals surface area contributed by atoms with Crippen LogP contribution in [0.4, 0.5) is 4.39 Å². The van der Waals surface area contributed by atoms with Gasteiger partial charge in [0.05, 0.1) is 11.8 Å². The summed E-state index contributed by atoms with van der Waals surface area (Å²) in [6.07, 6.45) is 4.52. The van der Waals surface area contributed by atoms with E-state index in [4.69, 9.17) is 0 Å². The molecule has 1 aliphatic heterocycles. The summed E-state index contributed by atoms with van der Waals surface area (Å²) in [6, 6.07) is 1.73. The van der Waals surface area contributed by atoms with Gasteiger partial charge in [-0.25, -0.2) is 4.39 Å². The highest BCUT2D eigenvalue weighted by Crippen LogP contribution is 2.15. The lowest BCUT2D eigenvalue weighted by atomic mass is 10.0. The standard InChI is InChI=1S/C12H16FN3O/c1-14-9-3-2-6-16(8-9)12(17)10-4-5-15-7-11(10)13/h4-5,7,9,14H,2-3,6,8H2,1H3. The van der Waals surface area contributed by atoms with E-state index in [1.807, 2.05) is 7.05 Å². The smallest absolute Gasteiger partial charge is 0.256 e. The van der Waals surface area contributed by atoms with Gasteiger partial charge in [-0.1, -0.05) is 0 Å². The zero-order valence-electron chi connectivity index (χ0n) is 9.82. The fourth-order valence-electron chi connectivity index (χ4n) is 2.12. The van der Waals surface area contributed by atoms with E-state index in [1.165, 1.54) is 12.3 Å². The number of likely N-dealkylation sites (tertiary alicyclic amines) is 1. The van der Waals surface area contributed by atoms with Crippen LogP contribution in [0.25, 0.3) is 0 Å². The minimum atomic E-state index is -0.552. The fraction of sp³-hybridized carbons (Fsp3) is 0.500. The molecule has 2 heterocycles. The number of pyridine rings is 1. The molecule has 92 valence electrons. The number of nitrogens with zero attached hydrogens (tertiary/aromatic N) is 2. The first-order valence-corrected chi connectivity index (χ1v) is 5.78. The second-order valence-electron chi connectivity index (χ2n) is 4.23. The molecule has 1 aliphatic rings.